The van der Waals surface area contributed by atoms with E-state index in [1.54, 1.807) is 6.92 Å². The van der Waals surface area contributed by atoms with Gasteiger partial charge in [-0.1, -0.05) is 46.9 Å². The standard InChI is InChI=1S/C19H17N7O3S2/c1-12-14(8-9-17(20-12)31(2,28)29)21-18(27)15-10-26(25-22-15)11-16-23-24-19(30-16)13-6-4-3-5-7-13/h3-10H,11H2,1-2H3,(H,21,27). The number of anilines is 1. The molecule has 3 heterocycles. The highest BCUT2D eigenvalue weighted by molar-refractivity contribution is 7.90. The molecule has 0 radical (unpaired) electrons. The monoisotopic (exact) mass is 455 g/mol. The van der Waals surface area contributed by atoms with Crippen molar-refractivity contribution >= 4 is 32.8 Å². The first-order valence-electron chi connectivity index (χ1n) is 9.06. The van der Waals surface area contributed by atoms with Crippen molar-refractivity contribution in [1.29, 1.82) is 0 Å². The predicted octanol–water partition coefficient (Wildman–Crippen LogP) is 2.20. The van der Waals surface area contributed by atoms with Gasteiger partial charge in [0.25, 0.3) is 5.91 Å². The number of rotatable bonds is 6. The Balaban J connectivity index is 1.44. The highest BCUT2D eigenvalue weighted by Crippen LogP contribution is 2.23. The fraction of sp³-hybridized carbons (Fsp3) is 0.158. The molecule has 0 saturated heterocycles. The molecule has 0 aliphatic carbocycles. The Morgan fingerprint density at radius 2 is 1.87 bits per heavy atom. The Hall–Kier alpha value is -3.51. The van der Waals surface area contributed by atoms with Crippen LogP contribution in [0.1, 0.15) is 21.2 Å². The van der Waals surface area contributed by atoms with Gasteiger partial charge >= 0.3 is 0 Å². The number of hydrogen-bond acceptors (Lipinski definition) is 9. The van der Waals surface area contributed by atoms with Crippen LogP contribution in [0.3, 0.4) is 0 Å². The molecule has 0 aliphatic heterocycles. The highest BCUT2D eigenvalue weighted by Gasteiger charge is 2.16. The van der Waals surface area contributed by atoms with Gasteiger partial charge in [0.1, 0.15) is 10.0 Å². The molecule has 158 valence electrons. The zero-order chi connectivity index (χ0) is 22.0. The lowest BCUT2D eigenvalue weighted by Crippen LogP contribution is -2.14. The average molecular weight is 456 g/mol. The van der Waals surface area contributed by atoms with Gasteiger partial charge in [0.15, 0.2) is 20.6 Å². The fourth-order valence-corrected chi connectivity index (χ4v) is 4.15. The molecule has 0 spiro atoms. The molecule has 0 bridgehead atoms. The van der Waals surface area contributed by atoms with Crippen LogP contribution in [0, 0.1) is 6.92 Å². The molecule has 4 rings (SSSR count). The van der Waals surface area contributed by atoms with Crippen LogP contribution in [-0.2, 0) is 16.4 Å². The summed E-state index contributed by atoms with van der Waals surface area (Å²) >= 11 is 1.44. The van der Waals surface area contributed by atoms with E-state index < -0.39 is 15.7 Å². The lowest BCUT2D eigenvalue weighted by Gasteiger charge is -2.07. The van der Waals surface area contributed by atoms with Crippen molar-refractivity contribution in [1.82, 2.24) is 30.2 Å². The minimum atomic E-state index is -3.42. The average Bonchev–Trinajstić information content (AvgIpc) is 3.39. The molecular formula is C19H17N7O3S2. The van der Waals surface area contributed by atoms with Crippen LogP contribution >= 0.6 is 11.3 Å². The molecule has 0 fully saturated rings. The molecular weight excluding hydrogens is 438 g/mol. The molecule has 10 nitrogen and oxygen atoms in total. The molecule has 4 aromatic rings. The van der Waals surface area contributed by atoms with Crippen molar-refractivity contribution in [2.75, 3.05) is 11.6 Å². The third kappa shape index (κ3) is 4.81. The summed E-state index contributed by atoms with van der Waals surface area (Å²) in [5.74, 6) is -0.481. The van der Waals surface area contributed by atoms with Gasteiger partial charge in [0.05, 0.1) is 24.1 Å². The minimum absolute atomic E-state index is 0.0547. The lowest BCUT2D eigenvalue weighted by atomic mass is 10.2. The second-order valence-electron chi connectivity index (χ2n) is 6.68. The van der Waals surface area contributed by atoms with Gasteiger partial charge in [-0.15, -0.1) is 15.3 Å². The highest BCUT2D eigenvalue weighted by atomic mass is 32.2. The Morgan fingerprint density at radius 1 is 1.10 bits per heavy atom. The number of amides is 1. The van der Waals surface area contributed by atoms with Crippen LogP contribution in [0.15, 0.2) is 53.7 Å². The Bertz CT molecular complexity index is 1350. The summed E-state index contributed by atoms with van der Waals surface area (Å²) in [6, 6.07) is 12.6. The number of nitrogens with one attached hydrogen (secondary N) is 1. The number of aromatic nitrogens is 6. The topological polar surface area (TPSA) is 133 Å². The van der Waals surface area contributed by atoms with E-state index in [4.69, 9.17) is 0 Å². The molecule has 0 saturated carbocycles. The van der Waals surface area contributed by atoms with Crippen LogP contribution in [0.4, 0.5) is 5.69 Å². The van der Waals surface area contributed by atoms with E-state index in [0.29, 0.717) is 17.9 Å². The van der Waals surface area contributed by atoms with Crippen molar-refractivity contribution in [2.45, 2.75) is 18.5 Å². The van der Waals surface area contributed by atoms with E-state index in [0.717, 1.165) is 21.8 Å². The number of sulfone groups is 1. The maximum Gasteiger partial charge on any atom is 0.277 e. The van der Waals surface area contributed by atoms with E-state index in [1.807, 2.05) is 30.3 Å². The molecule has 31 heavy (non-hydrogen) atoms. The van der Waals surface area contributed by atoms with Crippen LogP contribution in [0.25, 0.3) is 10.6 Å². The number of nitrogens with zero attached hydrogens (tertiary/aromatic N) is 6. The van der Waals surface area contributed by atoms with Crippen molar-refractivity contribution < 1.29 is 13.2 Å². The number of benzene rings is 1. The molecule has 1 amide bonds. The van der Waals surface area contributed by atoms with E-state index in [-0.39, 0.29) is 10.7 Å². The number of carbonyl (C=O) groups is 1. The summed E-state index contributed by atoms with van der Waals surface area (Å²) < 4.78 is 24.7. The first-order chi connectivity index (χ1) is 14.8. The summed E-state index contributed by atoms with van der Waals surface area (Å²) in [5.41, 5.74) is 1.87. The van der Waals surface area contributed by atoms with Gasteiger partial charge in [-0.3, -0.25) is 4.79 Å². The molecule has 0 atom stereocenters. The van der Waals surface area contributed by atoms with Gasteiger partial charge in [-0.2, -0.15) is 0 Å². The number of carbonyl (C=O) groups excluding carboxylic acids is 1. The molecule has 3 aromatic heterocycles. The van der Waals surface area contributed by atoms with Crippen LogP contribution in [0.5, 0.6) is 0 Å². The smallest absolute Gasteiger partial charge is 0.277 e. The van der Waals surface area contributed by atoms with Gasteiger partial charge in [-0.05, 0) is 19.1 Å². The van der Waals surface area contributed by atoms with Crippen molar-refractivity contribution in [3.05, 3.63) is 65.1 Å². The number of pyridine rings is 1. The fourth-order valence-electron chi connectivity index (χ4n) is 2.70. The van der Waals surface area contributed by atoms with Crippen LogP contribution in [-0.4, -0.2) is 50.8 Å². The zero-order valence-electron chi connectivity index (χ0n) is 16.6. The minimum Gasteiger partial charge on any atom is -0.319 e. The van der Waals surface area contributed by atoms with Crippen molar-refractivity contribution in [3.8, 4) is 10.6 Å². The number of hydrogen-bond donors (Lipinski definition) is 1. The zero-order valence-corrected chi connectivity index (χ0v) is 18.2. The first kappa shape index (κ1) is 20.8. The molecule has 1 N–H and O–H groups in total. The second kappa shape index (κ2) is 8.32. The van der Waals surface area contributed by atoms with E-state index >= 15 is 0 Å². The quantitative estimate of drug-likeness (QED) is 0.468. The van der Waals surface area contributed by atoms with E-state index in [1.165, 1.54) is 34.3 Å². The van der Waals surface area contributed by atoms with Gasteiger partial charge < -0.3 is 5.32 Å². The summed E-state index contributed by atoms with van der Waals surface area (Å²) in [6.45, 7) is 1.94. The predicted molar refractivity (Wildman–Crippen MR) is 115 cm³/mol. The molecule has 0 unspecified atom stereocenters. The van der Waals surface area contributed by atoms with Gasteiger partial charge in [0.2, 0.25) is 0 Å². The maximum absolute atomic E-state index is 12.5. The van der Waals surface area contributed by atoms with Gasteiger partial charge in [0, 0.05) is 11.8 Å². The van der Waals surface area contributed by atoms with Crippen molar-refractivity contribution in [3.63, 3.8) is 0 Å². The summed E-state index contributed by atoms with van der Waals surface area (Å²) in [4.78, 5) is 16.5. The van der Waals surface area contributed by atoms with E-state index in [2.05, 4.69) is 30.8 Å². The number of aryl methyl sites for hydroxylation is 1. The maximum atomic E-state index is 12.5. The normalized spacial score (nSPS) is 11.4. The molecule has 12 heteroatoms. The molecule has 1 aromatic carbocycles. The second-order valence-corrected chi connectivity index (χ2v) is 9.70. The van der Waals surface area contributed by atoms with E-state index in [9.17, 15) is 13.2 Å². The Kier molecular flexibility index (Phi) is 5.57. The Morgan fingerprint density at radius 3 is 2.58 bits per heavy atom. The van der Waals surface area contributed by atoms with Crippen LogP contribution in [0.2, 0.25) is 0 Å². The largest absolute Gasteiger partial charge is 0.319 e. The third-order valence-electron chi connectivity index (χ3n) is 4.24. The summed E-state index contributed by atoms with van der Waals surface area (Å²) in [6.07, 6.45) is 2.58. The van der Waals surface area contributed by atoms with Crippen LogP contribution < -0.4 is 5.32 Å². The lowest BCUT2D eigenvalue weighted by molar-refractivity contribution is 0.102. The van der Waals surface area contributed by atoms with Gasteiger partial charge in [-0.25, -0.2) is 18.1 Å². The third-order valence-corrected chi connectivity index (χ3v) is 6.19. The SMILES string of the molecule is Cc1nc(S(C)(=O)=O)ccc1NC(=O)c1cn(Cc2nnc(-c3ccccc3)s2)nn1. The molecule has 0 aliphatic rings. The summed E-state index contributed by atoms with van der Waals surface area (Å²) in [5, 5.41) is 20.4. The first-order valence-corrected chi connectivity index (χ1v) is 11.8. The van der Waals surface area contributed by atoms with Crippen molar-refractivity contribution in [2.24, 2.45) is 0 Å². The Labute approximate surface area is 181 Å². The summed E-state index contributed by atoms with van der Waals surface area (Å²) in [7, 11) is -3.42.